The van der Waals surface area contributed by atoms with Gasteiger partial charge in [-0.15, -0.1) is 11.8 Å². The van der Waals surface area contributed by atoms with Crippen LogP contribution in [-0.4, -0.2) is 50.8 Å². The number of quaternary nitrogens is 1. The van der Waals surface area contributed by atoms with Gasteiger partial charge in [0.15, 0.2) is 0 Å². The zero-order valence-electron chi connectivity index (χ0n) is 12.8. The summed E-state index contributed by atoms with van der Waals surface area (Å²) in [5.74, 6) is 0.979. The van der Waals surface area contributed by atoms with Crippen LogP contribution in [0.3, 0.4) is 0 Å². The summed E-state index contributed by atoms with van der Waals surface area (Å²) in [4.78, 5) is 2.83. The van der Waals surface area contributed by atoms with Crippen LogP contribution in [0.5, 0.6) is 0 Å². The normalized spacial score (nSPS) is 26.0. The average Bonchev–Trinajstić information content (AvgIpc) is 2.43. The molecular formula is C16H25ClNO2S+. The Balaban J connectivity index is 1.53. The van der Waals surface area contributed by atoms with Crippen LogP contribution in [0.15, 0.2) is 29.2 Å². The van der Waals surface area contributed by atoms with Crippen molar-refractivity contribution in [1.29, 1.82) is 0 Å². The van der Waals surface area contributed by atoms with Crippen LogP contribution >= 0.6 is 23.4 Å². The Morgan fingerprint density at radius 2 is 1.86 bits per heavy atom. The van der Waals surface area contributed by atoms with Crippen LogP contribution in [0.2, 0.25) is 5.02 Å². The minimum absolute atomic E-state index is 0.365. The number of hydrogen-bond donors (Lipinski definition) is 1. The minimum atomic E-state index is 0.365. The van der Waals surface area contributed by atoms with Gasteiger partial charge in [-0.05, 0) is 38.1 Å². The zero-order chi connectivity index (χ0) is 15.1. The molecule has 1 aromatic carbocycles. The Kier molecular flexibility index (Phi) is 7.34. The minimum Gasteiger partial charge on any atom is -0.375 e. The summed E-state index contributed by atoms with van der Waals surface area (Å²) < 4.78 is 11.5. The predicted molar refractivity (Wildman–Crippen MR) is 88.6 cm³/mol. The summed E-state index contributed by atoms with van der Waals surface area (Å²) in [6, 6.07) is 7.95. The van der Waals surface area contributed by atoms with E-state index in [0.717, 1.165) is 43.6 Å². The molecule has 1 aliphatic heterocycles. The number of halogens is 1. The van der Waals surface area contributed by atoms with Crippen molar-refractivity contribution in [2.75, 3.05) is 38.6 Å². The zero-order valence-corrected chi connectivity index (χ0v) is 14.4. The Labute approximate surface area is 136 Å². The highest BCUT2D eigenvalue weighted by Gasteiger charge is 2.24. The topological polar surface area (TPSA) is 22.9 Å². The lowest BCUT2D eigenvalue weighted by Crippen LogP contribution is -3.15. The van der Waals surface area contributed by atoms with Gasteiger partial charge in [0, 0.05) is 15.7 Å². The lowest BCUT2D eigenvalue weighted by Gasteiger charge is -2.32. The highest BCUT2D eigenvalue weighted by atomic mass is 35.5. The summed E-state index contributed by atoms with van der Waals surface area (Å²) in [6.07, 6.45) is 0.730. The second-order valence-corrected chi connectivity index (χ2v) is 7.19. The monoisotopic (exact) mass is 330 g/mol. The van der Waals surface area contributed by atoms with E-state index in [4.69, 9.17) is 21.1 Å². The van der Waals surface area contributed by atoms with Gasteiger partial charge in [0.25, 0.3) is 0 Å². The second kappa shape index (κ2) is 9.01. The number of nitrogens with one attached hydrogen (secondary N) is 1. The molecule has 0 radical (unpaired) electrons. The quantitative estimate of drug-likeness (QED) is 0.612. The van der Waals surface area contributed by atoms with E-state index in [1.165, 1.54) is 4.90 Å². The van der Waals surface area contributed by atoms with E-state index in [9.17, 15) is 0 Å². The Morgan fingerprint density at radius 1 is 1.19 bits per heavy atom. The molecule has 1 saturated heterocycles. The third-order valence-electron chi connectivity index (χ3n) is 3.53. The second-order valence-electron chi connectivity index (χ2n) is 5.58. The number of hydrogen-bond acceptors (Lipinski definition) is 3. The number of ether oxygens (including phenoxy) is 2. The van der Waals surface area contributed by atoms with Gasteiger partial charge in [-0.1, -0.05) is 11.6 Å². The lowest BCUT2D eigenvalue weighted by atomic mass is 10.2. The first-order chi connectivity index (χ1) is 10.1. The highest BCUT2D eigenvalue weighted by Crippen LogP contribution is 2.19. The molecule has 1 fully saturated rings. The van der Waals surface area contributed by atoms with Crippen LogP contribution in [0, 0.1) is 0 Å². The molecule has 0 aliphatic carbocycles. The molecule has 0 saturated carbocycles. The molecule has 3 atom stereocenters. The van der Waals surface area contributed by atoms with Crippen molar-refractivity contribution >= 4 is 23.4 Å². The fourth-order valence-corrected chi connectivity index (χ4v) is 3.55. The van der Waals surface area contributed by atoms with Gasteiger partial charge in [0.05, 0.1) is 13.2 Å². The maximum Gasteiger partial charge on any atom is 0.104 e. The Bertz CT molecular complexity index is 405. The third-order valence-corrected chi connectivity index (χ3v) is 4.76. The van der Waals surface area contributed by atoms with E-state index in [1.54, 1.807) is 16.7 Å². The van der Waals surface area contributed by atoms with Crippen LogP contribution in [0.1, 0.15) is 13.8 Å². The van der Waals surface area contributed by atoms with Gasteiger partial charge >= 0.3 is 0 Å². The molecule has 21 heavy (non-hydrogen) atoms. The first-order valence-corrected chi connectivity index (χ1v) is 8.95. The molecule has 118 valence electrons. The standard InChI is InChI=1S/C16H24ClNO2S/c1-13-11-18(12-14(2)20-13)7-8-19-9-10-21-16-5-3-15(17)4-6-16/h3-6,13-14H,7-12H2,1-2H3/p+1/t13-,14+. The first kappa shape index (κ1) is 17.1. The van der Waals surface area contributed by atoms with E-state index in [1.807, 2.05) is 24.3 Å². The molecule has 0 bridgehead atoms. The van der Waals surface area contributed by atoms with Crippen molar-refractivity contribution in [3.05, 3.63) is 29.3 Å². The Hall–Kier alpha value is -0.260. The molecule has 0 amide bonds. The summed E-state index contributed by atoms with van der Waals surface area (Å²) in [5, 5.41) is 0.785. The van der Waals surface area contributed by atoms with Crippen LogP contribution < -0.4 is 4.90 Å². The van der Waals surface area contributed by atoms with Crippen molar-refractivity contribution in [3.8, 4) is 0 Å². The molecule has 0 spiro atoms. The van der Waals surface area contributed by atoms with Crippen LogP contribution in [-0.2, 0) is 9.47 Å². The molecule has 1 heterocycles. The molecular weight excluding hydrogens is 306 g/mol. The van der Waals surface area contributed by atoms with Gasteiger partial charge in [-0.25, -0.2) is 0 Å². The van der Waals surface area contributed by atoms with Gasteiger partial charge in [0.2, 0.25) is 0 Å². The highest BCUT2D eigenvalue weighted by molar-refractivity contribution is 7.99. The molecule has 2 rings (SSSR count). The van der Waals surface area contributed by atoms with Crippen LogP contribution in [0.25, 0.3) is 0 Å². The fourth-order valence-electron chi connectivity index (χ4n) is 2.66. The first-order valence-electron chi connectivity index (χ1n) is 7.58. The summed E-state index contributed by atoms with van der Waals surface area (Å²) in [7, 11) is 0. The van der Waals surface area contributed by atoms with E-state index < -0.39 is 0 Å². The van der Waals surface area contributed by atoms with E-state index in [-0.39, 0.29) is 0 Å². The van der Waals surface area contributed by atoms with Crippen molar-refractivity contribution < 1.29 is 14.4 Å². The van der Waals surface area contributed by atoms with Gasteiger partial charge in [0.1, 0.15) is 31.8 Å². The SMILES string of the molecule is C[C@@H]1C[NH+](CCOCCSc2ccc(Cl)cc2)C[C@H](C)O1. The Morgan fingerprint density at radius 3 is 2.52 bits per heavy atom. The van der Waals surface area contributed by atoms with Crippen molar-refractivity contribution in [2.45, 2.75) is 31.0 Å². The molecule has 1 unspecified atom stereocenters. The van der Waals surface area contributed by atoms with E-state index >= 15 is 0 Å². The van der Waals surface area contributed by atoms with Gasteiger partial charge in [-0.2, -0.15) is 0 Å². The third kappa shape index (κ3) is 6.57. The summed E-state index contributed by atoms with van der Waals surface area (Å²) in [5.41, 5.74) is 0. The van der Waals surface area contributed by atoms with E-state index in [2.05, 4.69) is 13.8 Å². The molecule has 0 aromatic heterocycles. The van der Waals surface area contributed by atoms with Gasteiger partial charge < -0.3 is 14.4 Å². The number of benzene rings is 1. The van der Waals surface area contributed by atoms with Gasteiger partial charge in [-0.3, -0.25) is 0 Å². The molecule has 1 aromatic rings. The van der Waals surface area contributed by atoms with Crippen molar-refractivity contribution in [1.82, 2.24) is 0 Å². The molecule has 1 aliphatic rings. The van der Waals surface area contributed by atoms with Crippen molar-refractivity contribution in [2.24, 2.45) is 0 Å². The molecule has 3 nitrogen and oxygen atoms in total. The lowest BCUT2D eigenvalue weighted by molar-refractivity contribution is -0.915. The fraction of sp³-hybridized carbons (Fsp3) is 0.625. The number of rotatable bonds is 7. The maximum absolute atomic E-state index is 5.86. The van der Waals surface area contributed by atoms with E-state index in [0.29, 0.717) is 12.2 Å². The smallest absolute Gasteiger partial charge is 0.104 e. The largest absolute Gasteiger partial charge is 0.375 e. The van der Waals surface area contributed by atoms with Crippen molar-refractivity contribution in [3.63, 3.8) is 0 Å². The average molecular weight is 331 g/mol. The molecule has 1 N–H and O–H groups in total. The maximum atomic E-state index is 5.86. The summed E-state index contributed by atoms with van der Waals surface area (Å²) >= 11 is 7.67. The molecule has 5 heteroatoms. The summed E-state index contributed by atoms with van der Waals surface area (Å²) in [6.45, 7) is 9.18. The van der Waals surface area contributed by atoms with Crippen LogP contribution in [0.4, 0.5) is 0 Å². The predicted octanol–water partition coefficient (Wildman–Crippen LogP) is 2.14. The number of thioether (sulfide) groups is 1. The number of morpholine rings is 1.